The zero-order valence-corrected chi connectivity index (χ0v) is 11.2. The first-order valence-electron chi connectivity index (χ1n) is 6.03. The Morgan fingerprint density at radius 3 is 2.29 bits per heavy atom. The van der Waals surface area contributed by atoms with E-state index in [2.05, 4.69) is 17.0 Å². The lowest BCUT2D eigenvalue weighted by atomic mass is 10.1. The van der Waals surface area contributed by atoms with Gasteiger partial charge in [0.15, 0.2) is 0 Å². The van der Waals surface area contributed by atoms with Crippen LogP contribution in [0.1, 0.15) is 26.3 Å². The van der Waals surface area contributed by atoms with Crippen molar-refractivity contribution in [2.24, 2.45) is 0 Å². The van der Waals surface area contributed by atoms with E-state index < -0.39 is 5.60 Å². The highest BCUT2D eigenvalue weighted by atomic mass is 16.5. The SMILES string of the molecule is CCOc1ccc(CN(C)CC(C)(C)O)cc1. The molecule has 0 amide bonds. The Morgan fingerprint density at radius 2 is 1.82 bits per heavy atom. The molecule has 3 heteroatoms. The Morgan fingerprint density at radius 1 is 1.24 bits per heavy atom. The lowest BCUT2D eigenvalue weighted by Gasteiger charge is -2.25. The molecule has 0 saturated heterocycles. The number of aliphatic hydroxyl groups is 1. The fourth-order valence-electron chi connectivity index (χ4n) is 1.89. The predicted molar refractivity (Wildman–Crippen MR) is 70.2 cm³/mol. The second-order valence-corrected chi connectivity index (χ2v) is 5.06. The zero-order chi connectivity index (χ0) is 12.9. The van der Waals surface area contributed by atoms with Gasteiger partial charge in [-0.3, -0.25) is 4.90 Å². The van der Waals surface area contributed by atoms with E-state index in [0.29, 0.717) is 13.2 Å². The Hall–Kier alpha value is -1.06. The molecule has 0 saturated carbocycles. The standard InChI is InChI=1S/C14H23NO2/c1-5-17-13-8-6-12(7-9-13)10-15(4)11-14(2,3)16/h6-9,16H,5,10-11H2,1-4H3. The van der Waals surface area contributed by atoms with E-state index in [4.69, 9.17) is 4.74 Å². The van der Waals surface area contributed by atoms with Crippen molar-refractivity contribution in [3.8, 4) is 5.75 Å². The van der Waals surface area contributed by atoms with Crippen molar-refractivity contribution >= 4 is 0 Å². The van der Waals surface area contributed by atoms with Crippen molar-refractivity contribution < 1.29 is 9.84 Å². The van der Waals surface area contributed by atoms with Crippen LogP contribution in [-0.4, -0.2) is 35.8 Å². The van der Waals surface area contributed by atoms with Crippen LogP contribution in [0.2, 0.25) is 0 Å². The molecule has 0 spiro atoms. The van der Waals surface area contributed by atoms with E-state index in [1.807, 2.05) is 40.0 Å². The van der Waals surface area contributed by atoms with Gasteiger partial charge in [0.05, 0.1) is 12.2 Å². The van der Waals surface area contributed by atoms with E-state index in [9.17, 15) is 5.11 Å². The highest BCUT2D eigenvalue weighted by Gasteiger charge is 2.15. The fourth-order valence-corrected chi connectivity index (χ4v) is 1.89. The summed E-state index contributed by atoms with van der Waals surface area (Å²) in [6.07, 6.45) is 0. The number of likely N-dealkylation sites (N-methyl/N-ethyl adjacent to an activating group) is 1. The maximum atomic E-state index is 9.72. The fraction of sp³-hybridized carbons (Fsp3) is 0.571. The Kier molecular flexibility index (Phi) is 4.97. The van der Waals surface area contributed by atoms with E-state index in [0.717, 1.165) is 12.3 Å². The summed E-state index contributed by atoms with van der Waals surface area (Å²) in [6, 6.07) is 8.09. The van der Waals surface area contributed by atoms with Crippen LogP contribution in [-0.2, 0) is 6.54 Å². The highest BCUT2D eigenvalue weighted by Crippen LogP contribution is 2.14. The van der Waals surface area contributed by atoms with Crippen LogP contribution >= 0.6 is 0 Å². The van der Waals surface area contributed by atoms with Crippen LogP contribution in [0, 0.1) is 0 Å². The van der Waals surface area contributed by atoms with Crippen LogP contribution in [0.4, 0.5) is 0 Å². The normalized spacial score (nSPS) is 11.9. The van der Waals surface area contributed by atoms with Crippen molar-refractivity contribution in [1.82, 2.24) is 4.90 Å². The molecule has 3 nitrogen and oxygen atoms in total. The van der Waals surface area contributed by atoms with Crippen molar-refractivity contribution in [2.75, 3.05) is 20.2 Å². The minimum atomic E-state index is -0.653. The van der Waals surface area contributed by atoms with Gasteiger partial charge in [0.2, 0.25) is 0 Å². The number of benzene rings is 1. The minimum Gasteiger partial charge on any atom is -0.494 e. The summed E-state index contributed by atoms with van der Waals surface area (Å²) in [5, 5.41) is 9.72. The summed E-state index contributed by atoms with van der Waals surface area (Å²) in [5.41, 5.74) is 0.570. The second kappa shape index (κ2) is 6.03. The molecule has 0 aromatic heterocycles. The van der Waals surface area contributed by atoms with E-state index >= 15 is 0 Å². The first-order valence-corrected chi connectivity index (χ1v) is 6.03. The Balaban J connectivity index is 2.51. The second-order valence-electron chi connectivity index (χ2n) is 5.06. The van der Waals surface area contributed by atoms with Gasteiger partial charge in [-0.2, -0.15) is 0 Å². The topological polar surface area (TPSA) is 32.7 Å². The minimum absolute atomic E-state index is 0.653. The molecule has 0 fully saturated rings. The van der Waals surface area contributed by atoms with Gasteiger partial charge < -0.3 is 9.84 Å². The summed E-state index contributed by atoms with van der Waals surface area (Å²) in [6.45, 7) is 7.79. The van der Waals surface area contributed by atoms with Crippen molar-refractivity contribution in [2.45, 2.75) is 32.9 Å². The van der Waals surface area contributed by atoms with Gasteiger partial charge in [-0.1, -0.05) is 12.1 Å². The average Bonchev–Trinajstić information content (AvgIpc) is 2.18. The van der Waals surface area contributed by atoms with Crippen LogP contribution < -0.4 is 4.74 Å². The molecule has 0 atom stereocenters. The Labute approximate surface area is 104 Å². The number of hydrogen-bond acceptors (Lipinski definition) is 3. The summed E-state index contributed by atoms with van der Waals surface area (Å²) in [5.74, 6) is 0.904. The van der Waals surface area contributed by atoms with Crippen LogP contribution in [0.3, 0.4) is 0 Å². The summed E-state index contributed by atoms with van der Waals surface area (Å²) < 4.78 is 5.39. The molecular formula is C14H23NO2. The van der Waals surface area contributed by atoms with Crippen LogP contribution in [0.5, 0.6) is 5.75 Å². The van der Waals surface area contributed by atoms with Gasteiger partial charge >= 0.3 is 0 Å². The van der Waals surface area contributed by atoms with E-state index in [1.54, 1.807) is 0 Å². The highest BCUT2D eigenvalue weighted by molar-refractivity contribution is 5.27. The van der Waals surface area contributed by atoms with Gasteiger partial charge in [-0.05, 0) is 45.5 Å². The van der Waals surface area contributed by atoms with Crippen molar-refractivity contribution in [3.05, 3.63) is 29.8 Å². The maximum absolute atomic E-state index is 9.72. The third-order valence-corrected chi connectivity index (χ3v) is 2.34. The molecule has 1 N–H and O–H groups in total. The smallest absolute Gasteiger partial charge is 0.119 e. The number of hydrogen-bond donors (Lipinski definition) is 1. The molecule has 1 rings (SSSR count). The molecule has 0 radical (unpaired) electrons. The van der Waals surface area contributed by atoms with Gasteiger partial charge in [-0.25, -0.2) is 0 Å². The molecule has 0 aliphatic heterocycles. The molecule has 0 aliphatic carbocycles. The molecule has 0 aliphatic rings. The van der Waals surface area contributed by atoms with E-state index in [1.165, 1.54) is 5.56 Å². The van der Waals surface area contributed by atoms with Crippen molar-refractivity contribution in [3.63, 3.8) is 0 Å². The third kappa shape index (κ3) is 5.71. The zero-order valence-electron chi connectivity index (χ0n) is 11.2. The first-order chi connectivity index (χ1) is 7.90. The first kappa shape index (κ1) is 14.0. The summed E-state index contributed by atoms with van der Waals surface area (Å²) >= 11 is 0. The number of rotatable bonds is 6. The number of nitrogens with zero attached hydrogens (tertiary/aromatic N) is 1. The molecule has 17 heavy (non-hydrogen) atoms. The molecule has 0 bridgehead atoms. The van der Waals surface area contributed by atoms with Crippen molar-refractivity contribution in [1.29, 1.82) is 0 Å². The van der Waals surface area contributed by atoms with Crippen LogP contribution in [0.15, 0.2) is 24.3 Å². The molecule has 1 aromatic carbocycles. The molecule has 0 unspecified atom stereocenters. The lowest BCUT2D eigenvalue weighted by molar-refractivity contribution is 0.0425. The molecular weight excluding hydrogens is 214 g/mol. The van der Waals surface area contributed by atoms with Gasteiger partial charge in [-0.15, -0.1) is 0 Å². The van der Waals surface area contributed by atoms with Gasteiger partial charge in [0.25, 0.3) is 0 Å². The molecule has 1 aromatic rings. The average molecular weight is 237 g/mol. The number of ether oxygens (including phenoxy) is 1. The van der Waals surface area contributed by atoms with Gasteiger partial charge in [0, 0.05) is 13.1 Å². The lowest BCUT2D eigenvalue weighted by Crippen LogP contribution is -2.35. The quantitative estimate of drug-likeness (QED) is 0.824. The molecule has 96 valence electrons. The van der Waals surface area contributed by atoms with Gasteiger partial charge in [0.1, 0.15) is 5.75 Å². The predicted octanol–water partition coefficient (Wildman–Crippen LogP) is 2.29. The largest absolute Gasteiger partial charge is 0.494 e. The monoisotopic (exact) mass is 237 g/mol. The van der Waals surface area contributed by atoms with E-state index in [-0.39, 0.29) is 0 Å². The summed E-state index contributed by atoms with van der Waals surface area (Å²) in [4.78, 5) is 2.11. The Bertz CT molecular complexity index is 327. The summed E-state index contributed by atoms with van der Waals surface area (Å²) in [7, 11) is 2.01. The maximum Gasteiger partial charge on any atom is 0.119 e. The molecule has 0 heterocycles. The van der Waals surface area contributed by atoms with Crippen LogP contribution in [0.25, 0.3) is 0 Å². The third-order valence-electron chi connectivity index (χ3n) is 2.34.